The van der Waals surface area contributed by atoms with E-state index in [2.05, 4.69) is 13.5 Å². The van der Waals surface area contributed by atoms with Crippen molar-refractivity contribution >= 4 is 0 Å². The Bertz CT molecular complexity index is 315. The highest BCUT2D eigenvalue weighted by Crippen LogP contribution is 2.54. The number of aliphatic hydroxyl groups excluding tert-OH is 1. The molecule has 2 saturated carbocycles. The second kappa shape index (κ2) is 4.10. The lowest BCUT2D eigenvalue weighted by Crippen LogP contribution is -2.46. The molecule has 4 atom stereocenters. The Morgan fingerprint density at radius 3 is 2.47 bits per heavy atom. The van der Waals surface area contributed by atoms with E-state index in [1.165, 1.54) is 0 Å². The zero-order valence-electron chi connectivity index (χ0n) is 11.4. The van der Waals surface area contributed by atoms with E-state index < -0.39 is 5.60 Å². The first kappa shape index (κ1) is 13.1. The number of hydrogen-bond acceptors (Lipinski definition) is 2. The fraction of sp³-hybridized carbons (Fsp3) is 0.867. The summed E-state index contributed by atoms with van der Waals surface area (Å²) in [5, 5.41) is 20.1. The first-order valence-electron chi connectivity index (χ1n) is 6.83. The van der Waals surface area contributed by atoms with E-state index in [-0.39, 0.29) is 6.10 Å². The summed E-state index contributed by atoms with van der Waals surface area (Å²) in [6.45, 7) is 10.2. The highest BCUT2D eigenvalue weighted by molar-refractivity contribution is 5.17. The minimum Gasteiger partial charge on any atom is -0.390 e. The predicted octanol–water partition coefficient (Wildman–Crippen LogP) is 2.89. The van der Waals surface area contributed by atoms with Crippen LogP contribution in [0.3, 0.4) is 0 Å². The molecule has 0 aromatic rings. The minimum atomic E-state index is -0.607. The lowest BCUT2D eigenvalue weighted by atomic mass is 9.55. The highest BCUT2D eigenvalue weighted by atomic mass is 16.3. The van der Waals surface area contributed by atoms with Crippen LogP contribution in [0.15, 0.2) is 12.2 Å². The molecule has 2 fully saturated rings. The molecule has 0 spiro atoms. The molecule has 0 aromatic carbocycles. The average molecular weight is 238 g/mol. The molecule has 2 nitrogen and oxygen atoms in total. The van der Waals surface area contributed by atoms with Crippen molar-refractivity contribution in [2.45, 2.75) is 64.6 Å². The fourth-order valence-electron chi connectivity index (χ4n) is 3.79. The Balaban J connectivity index is 2.18. The maximum Gasteiger partial charge on any atom is 0.0750 e. The van der Waals surface area contributed by atoms with E-state index in [4.69, 9.17) is 0 Å². The van der Waals surface area contributed by atoms with Crippen molar-refractivity contribution in [1.82, 2.24) is 0 Å². The van der Waals surface area contributed by atoms with Crippen molar-refractivity contribution in [2.75, 3.05) is 0 Å². The fourth-order valence-corrected chi connectivity index (χ4v) is 3.79. The van der Waals surface area contributed by atoms with Gasteiger partial charge in [-0.15, -0.1) is 0 Å². The van der Waals surface area contributed by atoms with Crippen molar-refractivity contribution in [3.8, 4) is 0 Å². The zero-order valence-corrected chi connectivity index (χ0v) is 11.4. The van der Waals surface area contributed by atoms with Gasteiger partial charge in [0.1, 0.15) is 0 Å². The lowest BCUT2D eigenvalue weighted by Gasteiger charge is -2.51. The quantitative estimate of drug-likeness (QED) is 0.690. The van der Waals surface area contributed by atoms with Crippen molar-refractivity contribution in [2.24, 2.45) is 17.3 Å². The van der Waals surface area contributed by atoms with Gasteiger partial charge in [0.15, 0.2) is 0 Å². The normalized spacial score (nSPS) is 43.4. The van der Waals surface area contributed by atoms with Gasteiger partial charge in [0.05, 0.1) is 11.7 Å². The molecule has 0 aromatic heterocycles. The molecule has 2 aliphatic rings. The number of rotatable bonds is 1. The van der Waals surface area contributed by atoms with Gasteiger partial charge in [0, 0.05) is 0 Å². The van der Waals surface area contributed by atoms with Gasteiger partial charge in [-0.1, -0.05) is 13.5 Å². The van der Waals surface area contributed by atoms with E-state index in [0.29, 0.717) is 17.3 Å². The van der Waals surface area contributed by atoms with E-state index in [1.807, 2.05) is 13.8 Å². The topological polar surface area (TPSA) is 40.5 Å². The van der Waals surface area contributed by atoms with Gasteiger partial charge in [-0.25, -0.2) is 0 Å². The third-order valence-corrected chi connectivity index (χ3v) is 5.29. The molecule has 98 valence electrons. The Labute approximate surface area is 105 Å². The average Bonchev–Trinajstić information content (AvgIpc) is 2.22. The number of fused-ring (bicyclic) bond motifs is 1. The Morgan fingerprint density at radius 2 is 1.88 bits per heavy atom. The largest absolute Gasteiger partial charge is 0.390 e. The van der Waals surface area contributed by atoms with Crippen LogP contribution >= 0.6 is 0 Å². The molecule has 0 saturated heterocycles. The van der Waals surface area contributed by atoms with Gasteiger partial charge in [0.25, 0.3) is 0 Å². The van der Waals surface area contributed by atoms with Crippen LogP contribution in [0.1, 0.15) is 52.9 Å². The van der Waals surface area contributed by atoms with Gasteiger partial charge in [-0.3, -0.25) is 0 Å². The second-order valence-corrected chi connectivity index (χ2v) is 6.96. The van der Waals surface area contributed by atoms with Gasteiger partial charge in [-0.2, -0.15) is 0 Å². The first-order valence-corrected chi connectivity index (χ1v) is 6.83. The molecule has 2 N–H and O–H groups in total. The Kier molecular flexibility index (Phi) is 3.16. The van der Waals surface area contributed by atoms with E-state index >= 15 is 0 Å². The lowest BCUT2D eigenvalue weighted by molar-refractivity contribution is -0.0509. The number of aliphatic hydroxyl groups is 2. The summed E-state index contributed by atoms with van der Waals surface area (Å²) in [7, 11) is 0. The zero-order chi connectivity index (χ0) is 12.8. The molecule has 0 amide bonds. The predicted molar refractivity (Wildman–Crippen MR) is 69.6 cm³/mol. The molecule has 0 bridgehead atoms. The molecule has 2 rings (SSSR count). The molecule has 0 aliphatic heterocycles. The standard InChI is InChI=1S/C15H26O2/c1-10-12-9-11(14(2,3)17)5-7-15(12,4)8-6-13(10)16/h11-13,16-17H,1,5-9H2,2-4H3/t11-,12?,13-,15+/m1/s1. The molecule has 0 heterocycles. The maximum atomic E-state index is 10.2. The number of hydrogen-bond donors (Lipinski definition) is 2. The van der Waals surface area contributed by atoms with Crippen LogP contribution in [-0.2, 0) is 0 Å². The second-order valence-electron chi connectivity index (χ2n) is 6.96. The summed E-state index contributed by atoms with van der Waals surface area (Å²) in [6.07, 6.45) is 4.86. The molecule has 17 heavy (non-hydrogen) atoms. The third-order valence-electron chi connectivity index (χ3n) is 5.29. The monoisotopic (exact) mass is 238 g/mol. The van der Waals surface area contributed by atoms with Gasteiger partial charge in [0.2, 0.25) is 0 Å². The summed E-state index contributed by atoms with van der Waals surface area (Å²) >= 11 is 0. The molecule has 1 unspecified atom stereocenters. The maximum absolute atomic E-state index is 10.2. The highest BCUT2D eigenvalue weighted by Gasteiger charge is 2.47. The van der Waals surface area contributed by atoms with Crippen LogP contribution < -0.4 is 0 Å². The van der Waals surface area contributed by atoms with Crippen molar-refractivity contribution < 1.29 is 10.2 Å². The van der Waals surface area contributed by atoms with E-state index in [9.17, 15) is 10.2 Å². The van der Waals surface area contributed by atoms with Gasteiger partial charge in [-0.05, 0) is 68.8 Å². The van der Waals surface area contributed by atoms with Crippen LogP contribution in [0.25, 0.3) is 0 Å². The smallest absolute Gasteiger partial charge is 0.0750 e. The van der Waals surface area contributed by atoms with E-state index in [0.717, 1.165) is 37.7 Å². The van der Waals surface area contributed by atoms with Crippen LogP contribution in [0.4, 0.5) is 0 Å². The summed E-state index contributed by atoms with van der Waals surface area (Å²) in [5.41, 5.74) is 0.704. The minimum absolute atomic E-state index is 0.304. The van der Waals surface area contributed by atoms with Crippen molar-refractivity contribution in [1.29, 1.82) is 0 Å². The van der Waals surface area contributed by atoms with Crippen molar-refractivity contribution in [3.05, 3.63) is 12.2 Å². The summed E-state index contributed by atoms with van der Waals surface area (Å²) in [4.78, 5) is 0. The van der Waals surface area contributed by atoms with Gasteiger partial charge >= 0.3 is 0 Å². The summed E-state index contributed by atoms with van der Waals surface area (Å²) in [6, 6.07) is 0. The van der Waals surface area contributed by atoms with Crippen LogP contribution in [0.2, 0.25) is 0 Å². The summed E-state index contributed by atoms with van der Waals surface area (Å²) < 4.78 is 0. The third kappa shape index (κ3) is 2.30. The summed E-state index contributed by atoms with van der Waals surface area (Å²) in [5.74, 6) is 0.721. The molecular formula is C15H26O2. The molecular weight excluding hydrogens is 212 g/mol. The van der Waals surface area contributed by atoms with Crippen LogP contribution in [-0.4, -0.2) is 21.9 Å². The molecule has 0 radical (unpaired) electrons. The molecule has 2 heteroatoms. The van der Waals surface area contributed by atoms with Crippen LogP contribution in [0.5, 0.6) is 0 Å². The Hall–Kier alpha value is -0.340. The van der Waals surface area contributed by atoms with Crippen LogP contribution in [0, 0.1) is 17.3 Å². The SMILES string of the molecule is C=C1C2C[C@H](C(C)(C)O)CC[C@@]2(C)CC[C@H]1O. The van der Waals surface area contributed by atoms with E-state index in [1.54, 1.807) is 0 Å². The van der Waals surface area contributed by atoms with Gasteiger partial charge < -0.3 is 10.2 Å². The Morgan fingerprint density at radius 1 is 1.29 bits per heavy atom. The molecule has 2 aliphatic carbocycles. The first-order chi connectivity index (χ1) is 7.74. The van der Waals surface area contributed by atoms with Crippen molar-refractivity contribution in [3.63, 3.8) is 0 Å².